The molecule has 0 fully saturated rings. The van der Waals surface area contributed by atoms with Crippen LogP contribution in [0.25, 0.3) is 10.9 Å². The average Bonchev–Trinajstić information content (AvgIpc) is 2.67. The lowest BCUT2D eigenvalue weighted by atomic mass is 10.2. The maximum absolute atomic E-state index is 6.19. The van der Waals surface area contributed by atoms with Crippen LogP contribution in [0.3, 0.4) is 0 Å². The van der Waals surface area contributed by atoms with Gasteiger partial charge in [-0.2, -0.15) is 9.97 Å². The maximum Gasteiger partial charge on any atom is 0.249 e. The fraction of sp³-hybridized carbons (Fsp3) is 0.0952. The van der Waals surface area contributed by atoms with Gasteiger partial charge in [0.05, 0.1) is 0 Å². The van der Waals surface area contributed by atoms with E-state index in [1.54, 1.807) is 0 Å². The zero-order valence-corrected chi connectivity index (χ0v) is 15.0. The van der Waals surface area contributed by atoms with Crippen LogP contribution in [0.1, 0.15) is 11.3 Å². The first kappa shape index (κ1) is 16.8. The van der Waals surface area contributed by atoms with Gasteiger partial charge in [0.2, 0.25) is 11.8 Å². The molecule has 6 heteroatoms. The van der Waals surface area contributed by atoms with Gasteiger partial charge in [-0.25, -0.2) is 4.98 Å². The van der Waals surface area contributed by atoms with Gasteiger partial charge in [0.1, 0.15) is 17.6 Å². The van der Waals surface area contributed by atoms with E-state index in [-0.39, 0.29) is 17.4 Å². The predicted octanol–water partition coefficient (Wildman–Crippen LogP) is 4.81. The summed E-state index contributed by atoms with van der Waals surface area (Å²) in [5, 5.41) is 0.974. The van der Waals surface area contributed by atoms with Crippen molar-refractivity contribution >= 4 is 16.6 Å². The van der Waals surface area contributed by atoms with Crippen LogP contribution in [-0.4, -0.2) is 15.0 Å². The number of aromatic nitrogens is 3. The lowest BCUT2D eigenvalue weighted by Gasteiger charge is -2.12. The van der Waals surface area contributed by atoms with Gasteiger partial charge < -0.3 is 15.2 Å². The van der Waals surface area contributed by atoms with Crippen LogP contribution >= 0.6 is 0 Å². The van der Waals surface area contributed by atoms with E-state index in [4.69, 9.17) is 15.2 Å². The zero-order chi connectivity index (χ0) is 18.8. The molecule has 134 valence electrons. The molecule has 4 aromatic rings. The number of benzene rings is 2. The lowest BCUT2D eigenvalue weighted by molar-refractivity contribution is 0.440. The third-order valence-corrected chi connectivity index (χ3v) is 4.08. The Morgan fingerprint density at radius 2 is 1.56 bits per heavy atom. The number of nitrogens with zero attached hydrogens (tertiary/aromatic N) is 3. The average molecular weight is 358 g/mol. The van der Waals surface area contributed by atoms with Crippen molar-refractivity contribution in [2.45, 2.75) is 13.8 Å². The highest BCUT2D eigenvalue weighted by atomic mass is 16.5. The number of hydrogen-bond donors (Lipinski definition) is 1. The van der Waals surface area contributed by atoms with Gasteiger partial charge in [0, 0.05) is 11.1 Å². The molecule has 0 atom stereocenters. The van der Waals surface area contributed by atoms with E-state index in [1.165, 1.54) is 6.33 Å². The van der Waals surface area contributed by atoms with E-state index in [0.717, 1.165) is 22.2 Å². The molecule has 0 aliphatic carbocycles. The minimum atomic E-state index is 0.225. The summed E-state index contributed by atoms with van der Waals surface area (Å²) in [4.78, 5) is 12.8. The van der Waals surface area contributed by atoms with Crippen molar-refractivity contribution in [1.82, 2.24) is 15.0 Å². The number of aryl methyl sites for hydroxylation is 2. The highest BCUT2D eigenvalue weighted by Gasteiger charge is 2.14. The number of fused-ring (bicyclic) bond motifs is 1. The molecule has 0 aliphatic rings. The van der Waals surface area contributed by atoms with Gasteiger partial charge in [-0.05, 0) is 38.1 Å². The van der Waals surface area contributed by atoms with E-state index in [0.29, 0.717) is 11.5 Å². The Morgan fingerprint density at radius 3 is 2.33 bits per heavy atom. The van der Waals surface area contributed by atoms with Crippen molar-refractivity contribution in [3.05, 3.63) is 72.2 Å². The fourth-order valence-electron chi connectivity index (χ4n) is 2.65. The predicted molar refractivity (Wildman–Crippen MR) is 104 cm³/mol. The van der Waals surface area contributed by atoms with Crippen LogP contribution < -0.4 is 15.2 Å². The molecule has 27 heavy (non-hydrogen) atoms. The number of rotatable bonds is 4. The third kappa shape index (κ3) is 3.50. The van der Waals surface area contributed by atoms with Gasteiger partial charge in [-0.1, -0.05) is 35.9 Å². The number of pyridine rings is 1. The third-order valence-electron chi connectivity index (χ3n) is 4.08. The molecule has 2 heterocycles. The maximum atomic E-state index is 6.19. The molecule has 0 amide bonds. The summed E-state index contributed by atoms with van der Waals surface area (Å²) in [6.07, 6.45) is 1.36. The Morgan fingerprint density at radius 1 is 0.815 bits per heavy atom. The number of nitrogen functional groups attached to an aromatic ring is 1. The summed E-state index contributed by atoms with van der Waals surface area (Å²) in [6, 6.07) is 17.3. The molecule has 2 aromatic carbocycles. The normalized spacial score (nSPS) is 10.7. The molecular formula is C21H18N4O2. The van der Waals surface area contributed by atoms with E-state index < -0.39 is 0 Å². The standard InChI is InChI=1S/C21H18N4O2/c1-13-6-10-16(11-7-13)26-20-18(22)21(24-12-23-20)27-17-5-3-4-15-9-8-14(2)25-19(15)17/h3-12H,22H2,1-2H3. The van der Waals surface area contributed by atoms with E-state index in [9.17, 15) is 0 Å². The zero-order valence-electron chi connectivity index (χ0n) is 15.0. The quantitative estimate of drug-likeness (QED) is 0.564. The topological polar surface area (TPSA) is 83.2 Å². The summed E-state index contributed by atoms with van der Waals surface area (Å²) >= 11 is 0. The van der Waals surface area contributed by atoms with Crippen LogP contribution in [0.2, 0.25) is 0 Å². The van der Waals surface area contributed by atoms with Gasteiger partial charge in [-0.3, -0.25) is 0 Å². The van der Waals surface area contributed by atoms with Crippen LogP contribution in [0, 0.1) is 13.8 Å². The molecule has 4 rings (SSSR count). The van der Waals surface area contributed by atoms with Gasteiger partial charge in [0.25, 0.3) is 0 Å². The molecule has 0 bridgehead atoms. The van der Waals surface area contributed by atoms with Crippen molar-refractivity contribution in [1.29, 1.82) is 0 Å². The molecule has 6 nitrogen and oxygen atoms in total. The first-order chi connectivity index (χ1) is 13.1. The van der Waals surface area contributed by atoms with Gasteiger partial charge >= 0.3 is 0 Å². The van der Waals surface area contributed by atoms with E-state index in [2.05, 4.69) is 15.0 Å². The summed E-state index contributed by atoms with van der Waals surface area (Å²) in [7, 11) is 0. The Balaban J connectivity index is 1.67. The molecule has 0 spiro atoms. The summed E-state index contributed by atoms with van der Waals surface area (Å²) in [6.45, 7) is 3.94. The summed E-state index contributed by atoms with van der Waals surface area (Å²) in [5.41, 5.74) is 9.20. The summed E-state index contributed by atoms with van der Waals surface area (Å²) in [5.74, 6) is 1.68. The second-order valence-corrected chi connectivity index (χ2v) is 6.20. The highest BCUT2D eigenvalue weighted by Crippen LogP contribution is 2.35. The van der Waals surface area contributed by atoms with Crippen molar-refractivity contribution in [2.75, 3.05) is 5.73 Å². The molecular weight excluding hydrogens is 340 g/mol. The Bertz CT molecular complexity index is 1110. The van der Waals surface area contributed by atoms with Gasteiger partial charge in [-0.15, -0.1) is 0 Å². The minimum absolute atomic E-state index is 0.225. The second kappa shape index (κ2) is 6.92. The Labute approximate surface area is 156 Å². The minimum Gasteiger partial charge on any atom is -0.437 e. The molecule has 0 saturated carbocycles. The molecule has 0 radical (unpaired) electrons. The number of para-hydroxylation sites is 1. The van der Waals surface area contributed by atoms with Crippen LogP contribution in [0.15, 0.2) is 60.9 Å². The molecule has 2 aromatic heterocycles. The highest BCUT2D eigenvalue weighted by molar-refractivity contribution is 5.85. The van der Waals surface area contributed by atoms with E-state index in [1.807, 2.05) is 68.4 Å². The van der Waals surface area contributed by atoms with Crippen molar-refractivity contribution < 1.29 is 9.47 Å². The molecule has 0 aliphatic heterocycles. The molecule has 0 unspecified atom stereocenters. The van der Waals surface area contributed by atoms with Crippen molar-refractivity contribution in [2.24, 2.45) is 0 Å². The number of hydrogen-bond acceptors (Lipinski definition) is 6. The van der Waals surface area contributed by atoms with Crippen LogP contribution in [0.5, 0.6) is 23.3 Å². The molecule has 0 saturated heterocycles. The van der Waals surface area contributed by atoms with Crippen LogP contribution in [-0.2, 0) is 0 Å². The fourth-order valence-corrected chi connectivity index (χ4v) is 2.65. The summed E-state index contributed by atoms with van der Waals surface area (Å²) < 4.78 is 11.7. The number of ether oxygens (including phenoxy) is 2. The number of nitrogens with two attached hydrogens (primary N) is 1. The molecule has 2 N–H and O–H groups in total. The smallest absolute Gasteiger partial charge is 0.249 e. The monoisotopic (exact) mass is 358 g/mol. The van der Waals surface area contributed by atoms with Crippen LogP contribution in [0.4, 0.5) is 5.69 Å². The van der Waals surface area contributed by atoms with E-state index >= 15 is 0 Å². The van der Waals surface area contributed by atoms with Crippen molar-refractivity contribution in [3.63, 3.8) is 0 Å². The van der Waals surface area contributed by atoms with Crippen molar-refractivity contribution in [3.8, 4) is 23.3 Å². The second-order valence-electron chi connectivity index (χ2n) is 6.20. The lowest BCUT2D eigenvalue weighted by Crippen LogP contribution is -2.01. The van der Waals surface area contributed by atoms with Gasteiger partial charge in [0.15, 0.2) is 11.4 Å². The first-order valence-electron chi connectivity index (χ1n) is 8.49. The Hall–Kier alpha value is -3.67. The first-order valence-corrected chi connectivity index (χ1v) is 8.49. The number of anilines is 1. The SMILES string of the molecule is Cc1ccc(Oc2ncnc(Oc3cccc4ccc(C)nc34)c2N)cc1. The Kier molecular flexibility index (Phi) is 4.30. The largest absolute Gasteiger partial charge is 0.437 e.